The molecule has 35 heavy (non-hydrogen) atoms. The van der Waals surface area contributed by atoms with Crippen molar-refractivity contribution >= 4 is 11.8 Å². The summed E-state index contributed by atoms with van der Waals surface area (Å²) in [5, 5.41) is 10.3. The van der Waals surface area contributed by atoms with Crippen molar-refractivity contribution in [3.63, 3.8) is 0 Å². The zero-order valence-electron chi connectivity index (χ0n) is 18.5. The lowest BCUT2D eigenvalue weighted by atomic mass is 9.82. The number of ether oxygens (including phenoxy) is 1. The molecule has 186 valence electrons. The third-order valence-corrected chi connectivity index (χ3v) is 6.84. The molecule has 5 rings (SSSR count). The second kappa shape index (κ2) is 8.58. The van der Waals surface area contributed by atoms with Crippen LogP contribution >= 0.6 is 0 Å². The lowest BCUT2D eigenvalue weighted by molar-refractivity contribution is -0.274. The van der Waals surface area contributed by atoms with E-state index in [0.29, 0.717) is 6.54 Å². The lowest BCUT2D eigenvalue weighted by Crippen LogP contribution is -2.81. The van der Waals surface area contributed by atoms with Gasteiger partial charge >= 0.3 is 6.36 Å². The average Bonchev–Trinajstić information content (AvgIpc) is 3.16. The minimum atomic E-state index is -4.77. The van der Waals surface area contributed by atoms with Crippen LogP contribution in [0.3, 0.4) is 0 Å². The number of likely N-dealkylation sites (tertiary alicyclic amines) is 1. The first-order valence-electron chi connectivity index (χ1n) is 11.2. The average molecular weight is 493 g/mol. The predicted octanol–water partition coefficient (Wildman–Crippen LogP) is 2.28. The SMILES string of the molecule is O=C1[C@@H]2C[C@@H](O)CN2C2(CN(Cc3ccc(OC(F)(F)F)cc3)C2)C(=O)N1Cc1ccccc1F. The van der Waals surface area contributed by atoms with Crippen molar-refractivity contribution in [3.05, 3.63) is 65.5 Å². The number of benzene rings is 2. The highest BCUT2D eigenvalue weighted by atomic mass is 19.4. The first-order chi connectivity index (χ1) is 16.6. The van der Waals surface area contributed by atoms with E-state index >= 15 is 0 Å². The van der Waals surface area contributed by atoms with E-state index in [1.165, 1.54) is 42.5 Å². The molecule has 0 bridgehead atoms. The van der Waals surface area contributed by atoms with Gasteiger partial charge in [0.15, 0.2) is 0 Å². The highest BCUT2D eigenvalue weighted by Crippen LogP contribution is 2.41. The van der Waals surface area contributed by atoms with Crippen LogP contribution in [0.5, 0.6) is 5.75 Å². The van der Waals surface area contributed by atoms with E-state index in [1.54, 1.807) is 11.0 Å². The Bertz CT molecular complexity index is 1130. The highest BCUT2D eigenvalue weighted by molar-refractivity contribution is 6.06. The molecule has 11 heteroatoms. The summed E-state index contributed by atoms with van der Waals surface area (Å²) in [6, 6.07) is 10.8. The number of hydrogen-bond donors (Lipinski definition) is 1. The Labute approximate surface area is 198 Å². The molecule has 3 aliphatic heterocycles. The second-order valence-corrected chi connectivity index (χ2v) is 9.25. The van der Waals surface area contributed by atoms with Gasteiger partial charge in [0.1, 0.15) is 17.1 Å². The maximum absolute atomic E-state index is 14.3. The zero-order valence-corrected chi connectivity index (χ0v) is 18.5. The summed E-state index contributed by atoms with van der Waals surface area (Å²) in [6.07, 6.45) is -5.32. The Morgan fingerprint density at radius 2 is 1.71 bits per heavy atom. The van der Waals surface area contributed by atoms with E-state index in [0.717, 1.165) is 10.5 Å². The van der Waals surface area contributed by atoms with Crippen molar-refractivity contribution in [2.45, 2.75) is 43.6 Å². The summed E-state index contributed by atoms with van der Waals surface area (Å²) >= 11 is 0. The van der Waals surface area contributed by atoms with Gasteiger partial charge in [-0.25, -0.2) is 4.39 Å². The monoisotopic (exact) mass is 493 g/mol. The number of alkyl halides is 3. The Hall–Kier alpha value is -3.02. The van der Waals surface area contributed by atoms with Crippen molar-refractivity contribution in [1.29, 1.82) is 0 Å². The molecule has 3 fully saturated rings. The van der Waals surface area contributed by atoms with Crippen LogP contribution in [0.15, 0.2) is 48.5 Å². The first kappa shape index (κ1) is 23.7. The minimum absolute atomic E-state index is 0.187. The Morgan fingerprint density at radius 3 is 2.37 bits per heavy atom. The van der Waals surface area contributed by atoms with E-state index in [9.17, 15) is 32.3 Å². The van der Waals surface area contributed by atoms with Crippen LogP contribution in [0.1, 0.15) is 17.5 Å². The molecular formula is C24H23F4N3O4. The molecule has 3 saturated heterocycles. The Balaban J connectivity index is 1.32. The van der Waals surface area contributed by atoms with Crippen molar-refractivity contribution in [2.75, 3.05) is 19.6 Å². The van der Waals surface area contributed by atoms with E-state index < -0.39 is 41.7 Å². The van der Waals surface area contributed by atoms with Crippen molar-refractivity contribution in [3.8, 4) is 5.75 Å². The Kier molecular flexibility index (Phi) is 5.81. The van der Waals surface area contributed by atoms with Gasteiger partial charge in [0, 0.05) is 31.7 Å². The molecular weight excluding hydrogens is 470 g/mol. The predicted molar refractivity (Wildman–Crippen MR) is 114 cm³/mol. The number of nitrogens with zero attached hydrogens (tertiary/aromatic N) is 3. The first-order valence-corrected chi connectivity index (χ1v) is 11.2. The topological polar surface area (TPSA) is 73.3 Å². The van der Waals surface area contributed by atoms with Crippen molar-refractivity contribution < 1.29 is 37.0 Å². The Morgan fingerprint density at radius 1 is 1.03 bits per heavy atom. The largest absolute Gasteiger partial charge is 0.573 e. The van der Waals surface area contributed by atoms with Gasteiger partial charge in [0.25, 0.3) is 5.91 Å². The number of aliphatic hydroxyl groups excluding tert-OH is 1. The fraction of sp³-hybridized carbons (Fsp3) is 0.417. The molecule has 0 saturated carbocycles. The number of carbonyl (C=O) groups is 2. The maximum Gasteiger partial charge on any atom is 0.573 e. The molecule has 2 aromatic carbocycles. The van der Waals surface area contributed by atoms with Crippen LogP contribution in [0, 0.1) is 5.82 Å². The fourth-order valence-corrected chi connectivity index (χ4v) is 5.30. The molecule has 0 radical (unpaired) electrons. The number of fused-ring (bicyclic) bond motifs is 2. The summed E-state index contributed by atoms with van der Waals surface area (Å²) < 4.78 is 55.3. The molecule has 0 aliphatic carbocycles. The van der Waals surface area contributed by atoms with Crippen LogP contribution in [0.2, 0.25) is 0 Å². The fourth-order valence-electron chi connectivity index (χ4n) is 5.30. The van der Waals surface area contributed by atoms with Gasteiger partial charge in [0.2, 0.25) is 5.91 Å². The molecule has 2 aromatic rings. The van der Waals surface area contributed by atoms with Crippen LogP contribution in [-0.4, -0.2) is 75.3 Å². The molecule has 3 aliphatic rings. The lowest BCUT2D eigenvalue weighted by Gasteiger charge is -2.58. The number of piperazine rings is 1. The summed E-state index contributed by atoms with van der Waals surface area (Å²) in [7, 11) is 0. The molecule has 1 N–H and O–H groups in total. The minimum Gasteiger partial charge on any atom is -0.406 e. The molecule has 3 heterocycles. The number of amides is 2. The van der Waals surface area contributed by atoms with Gasteiger partial charge < -0.3 is 9.84 Å². The normalized spacial score (nSPS) is 24.5. The number of aliphatic hydroxyl groups is 1. The van der Waals surface area contributed by atoms with Gasteiger partial charge in [-0.3, -0.25) is 24.3 Å². The van der Waals surface area contributed by atoms with E-state index in [1.807, 2.05) is 4.90 Å². The third-order valence-electron chi connectivity index (χ3n) is 6.84. The summed E-state index contributed by atoms with van der Waals surface area (Å²) in [5.74, 6) is -1.70. The van der Waals surface area contributed by atoms with E-state index in [-0.39, 0.29) is 43.9 Å². The van der Waals surface area contributed by atoms with Gasteiger partial charge in [-0.15, -0.1) is 13.2 Å². The van der Waals surface area contributed by atoms with E-state index in [2.05, 4.69) is 4.74 Å². The van der Waals surface area contributed by atoms with Gasteiger partial charge in [0.05, 0.1) is 18.7 Å². The molecule has 0 unspecified atom stereocenters. The van der Waals surface area contributed by atoms with Crippen molar-refractivity contribution in [2.24, 2.45) is 0 Å². The van der Waals surface area contributed by atoms with Gasteiger partial charge in [-0.2, -0.15) is 0 Å². The van der Waals surface area contributed by atoms with Gasteiger partial charge in [-0.05, 0) is 30.2 Å². The smallest absolute Gasteiger partial charge is 0.406 e. The maximum atomic E-state index is 14.3. The molecule has 1 spiro atoms. The van der Waals surface area contributed by atoms with Crippen LogP contribution < -0.4 is 4.74 Å². The van der Waals surface area contributed by atoms with Crippen LogP contribution in [0.25, 0.3) is 0 Å². The van der Waals surface area contributed by atoms with Crippen LogP contribution in [0.4, 0.5) is 17.6 Å². The number of rotatable bonds is 5. The summed E-state index contributed by atoms with van der Waals surface area (Å²) in [5.41, 5.74) is -0.0654. The molecule has 7 nitrogen and oxygen atoms in total. The number of halogens is 4. The van der Waals surface area contributed by atoms with E-state index in [4.69, 9.17) is 0 Å². The summed E-state index contributed by atoms with van der Waals surface area (Å²) in [6.45, 7) is 0.928. The number of imide groups is 1. The second-order valence-electron chi connectivity index (χ2n) is 9.25. The van der Waals surface area contributed by atoms with Crippen molar-refractivity contribution in [1.82, 2.24) is 14.7 Å². The number of hydrogen-bond acceptors (Lipinski definition) is 6. The van der Waals surface area contributed by atoms with Gasteiger partial charge in [-0.1, -0.05) is 30.3 Å². The number of carbonyl (C=O) groups excluding carboxylic acids is 2. The molecule has 2 atom stereocenters. The zero-order chi connectivity index (χ0) is 25.0. The molecule has 2 amide bonds. The van der Waals surface area contributed by atoms with Crippen LogP contribution in [-0.2, 0) is 22.7 Å². The highest BCUT2D eigenvalue weighted by Gasteiger charge is 2.64. The quantitative estimate of drug-likeness (QED) is 0.509. The molecule has 0 aromatic heterocycles. The third kappa shape index (κ3) is 4.39. The standard InChI is InChI=1S/C24H23F4N3O4/c25-19-4-2-1-3-16(19)11-30-21(33)20-9-17(32)12-31(20)23(22(30)34)13-29(14-23)10-15-5-7-18(8-6-15)35-24(26,27)28/h1-8,17,20,32H,9-14H2/t17-,20+/m1/s1. The summed E-state index contributed by atoms with van der Waals surface area (Å²) in [4.78, 5) is 31.5. The number of β-amino-alcohol motifs (C(OH)–C–C–N with tert-alkyl or cyclic N) is 1.